The van der Waals surface area contributed by atoms with Crippen molar-refractivity contribution in [2.45, 2.75) is 138 Å². The van der Waals surface area contributed by atoms with Gasteiger partial charge in [-0.25, -0.2) is 0 Å². The zero-order valence-corrected chi connectivity index (χ0v) is 20.9. The molecule has 5 heterocycles. The predicted molar refractivity (Wildman–Crippen MR) is 136 cm³/mol. The van der Waals surface area contributed by atoms with Crippen molar-refractivity contribution in [2.75, 3.05) is 19.6 Å². The lowest BCUT2D eigenvalue weighted by atomic mass is 9.17. The minimum absolute atomic E-state index is 0.304. The van der Waals surface area contributed by atoms with E-state index in [0.717, 1.165) is 36.6 Å². The van der Waals surface area contributed by atoms with Crippen molar-refractivity contribution in [1.82, 2.24) is 16.0 Å². The van der Waals surface area contributed by atoms with Crippen LogP contribution in [-0.4, -0.2) is 50.8 Å². The van der Waals surface area contributed by atoms with E-state index < -0.39 is 0 Å². The van der Waals surface area contributed by atoms with Gasteiger partial charge >= 0.3 is 0 Å². The molecule has 8 unspecified atom stereocenters. The van der Waals surface area contributed by atoms with Gasteiger partial charge in [-0.15, -0.1) is 0 Å². The van der Waals surface area contributed by atoms with Gasteiger partial charge in [0.15, 0.2) is 6.71 Å². The minimum Gasteiger partial charge on any atom is -0.360 e. The molecule has 7 aliphatic rings. The quantitative estimate of drug-likeness (QED) is 0.491. The zero-order valence-electron chi connectivity index (χ0n) is 20.9. The summed E-state index contributed by atoms with van der Waals surface area (Å²) in [5.74, 6) is 4.26. The molecule has 4 nitrogen and oxygen atoms in total. The highest BCUT2D eigenvalue weighted by molar-refractivity contribution is 6.64. The van der Waals surface area contributed by atoms with Crippen molar-refractivity contribution in [3.05, 3.63) is 0 Å². The highest BCUT2D eigenvalue weighted by atomic mass is 16.5. The fourth-order valence-corrected chi connectivity index (χ4v) is 11.2. The second-order valence-corrected chi connectivity index (χ2v) is 13.1. The van der Waals surface area contributed by atoms with Crippen LogP contribution < -0.4 is 16.0 Å². The van der Waals surface area contributed by atoms with Crippen molar-refractivity contribution < 1.29 is 4.74 Å². The van der Waals surface area contributed by atoms with Gasteiger partial charge in [0.1, 0.15) is 6.23 Å². The summed E-state index contributed by atoms with van der Waals surface area (Å²) in [6.45, 7) is 4.62. The summed E-state index contributed by atoms with van der Waals surface area (Å²) in [5, 5.41) is 12.6. The summed E-state index contributed by atoms with van der Waals surface area (Å²) >= 11 is 0. The third-order valence-corrected chi connectivity index (χ3v) is 12.0. The Hall–Kier alpha value is -0.0951. The van der Waals surface area contributed by atoms with Gasteiger partial charge in [0, 0.05) is 23.4 Å². The third-order valence-electron chi connectivity index (χ3n) is 12.0. The Bertz CT molecular complexity index is 651. The monoisotopic (exact) mass is 453 g/mol. The molecule has 184 valence electrons. The largest absolute Gasteiger partial charge is 0.360 e. The summed E-state index contributed by atoms with van der Waals surface area (Å²) < 4.78 is 6.96. The van der Waals surface area contributed by atoms with Crippen LogP contribution in [-0.2, 0) is 4.74 Å². The molecule has 2 aliphatic carbocycles. The molecule has 0 aromatic rings. The van der Waals surface area contributed by atoms with Crippen LogP contribution in [0.15, 0.2) is 0 Å². The molecule has 5 heteroatoms. The first-order valence-corrected chi connectivity index (χ1v) is 15.2. The van der Waals surface area contributed by atoms with Crippen molar-refractivity contribution in [2.24, 2.45) is 17.3 Å². The van der Waals surface area contributed by atoms with Crippen LogP contribution in [0.1, 0.15) is 96.3 Å². The van der Waals surface area contributed by atoms with Crippen LogP contribution in [0.5, 0.6) is 0 Å². The topological polar surface area (TPSA) is 45.3 Å². The first-order chi connectivity index (χ1) is 16.4. The molecule has 2 saturated carbocycles. The SMILES string of the molecule is C1CCC(B2C3CCCNC3C3(C4CCCCC4OC4NCCCC43)C3NCCCC23)CC1. The van der Waals surface area contributed by atoms with Gasteiger partial charge < -0.3 is 15.4 Å². The zero-order chi connectivity index (χ0) is 21.8. The summed E-state index contributed by atoms with van der Waals surface area (Å²) in [6, 6.07) is 1.43. The van der Waals surface area contributed by atoms with E-state index in [1.165, 1.54) is 109 Å². The van der Waals surface area contributed by atoms with E-state index in [9.17, 15) is 0 Å². The van der Waals surface area contributed by atoms with Crippen LogP contribution in [0.2, 0.25) is 17.5 Å². The molecule has 1 spiro atoms. The highest BCUT2D eigenvalue weighted by Gasteiger charge is 2.70. The first-order valence-electron chi connectivity index (χ1n) is 15.2. The number of nitrogens with one attached hydrogen (secondary N) is 3. The number of hydrogen-bond acceptors (Lipinski definition) is 4. The number of fused-ring (bicyclic) bond motifs is 8. The molecule has 0 aromatic carbocycles. The van der Waals surface area contributed by atoms with Gasteiger partial charge in [-0.05, 0) is 75.7 Å². The Morgan fingerprint density at radius 1 is 0.576 bits per heavy atom. The van der Waals surface area contributed by atoms with Gasteiger partial charge in [-0.2, -0.15) is 0 Å². The van der Waals surface area contributed by atoms with Crippen LogP contribution in [0.25, 0.3) is 0 Å². The maximum atomic E-state index is 6.96. The Kier molecular flexibility index (Phi) is 6.09. The van der Waals surface area contributed by atoms with Crippen LogP contribution in [0, 0.1) is 17.3 Å². The Morgan fingerprint density at radius 2 is 1.18 bits per heavy atom. The molecular formula is C28H48BN3O. The Morgan fingerprint density at radius 3 is 1.94 bits per heavy atom. The average molecular weight is 454 g/mol. The smallest absolute Gasteiger partial charge is 0.153 e. The summed E-state index contributed by atoms with van der Waals surface area (Å²) in [6.07, 6.45) is 22.4. The summed E-state index contributed by atoms with van der Waals surface area (Å²) in [4.78, 5) is 0. The number of hydrogen-bond donors (Lipinski definition) is 3. The van der Waals surface area contributed by atoms with Gasteiger partial charge in [0.2, 0.25) is 0 Å². The molecule has 5 aliphatic heterocycles. The molecule has 5 saturated heterocycles. The van der Waals surface area contributed by atoms with Crippen molar-refractivity contribution in [3.63, 3.8) is 0 Å². The molecule has 3 N–H and O–H groups in total. The Balaban J connectivity index is 1.36. The lowest BCUT2D eigenvalue weighted by Crippen LogP contribution is -2.79. The maximum absolute atomic E-state index is 6.96. The minimum atomic E-state index is 0.304. The maximum Gasteiger partial charge on any atom is 0.153 e. The van der Waals surface area contributed by atoms with E-state index in [4.69, 9.17) is 4.74 Å². The molecule has 7 fully saturated rings. The third kappa shape index (κ3) is 3.38. The first kappa shape index (κ1) is 22.1. The van der Waals surface area contributed by atoms with Gasteiger partial charge in [-0.1, -0.05) is 63.6 Å². The molecule has 0 radical (unpaired) electrons. The van der Waals surface area contributed by atoms with Crippen molar-refractivity contribution in [1.29, 1.82) is 0 Å². The fraction of sp³-hybridized carbons (Fsp3) is 1.00. The molecule has 0 amide bonds. The fourth-order valence-electron chi connectivity index (χ4n) is 11.2. The summed E-state index contributed by atoms with van der Waals surface area (Å²) in [5.41, 5.74) is 0.392. The molecule has 33 heavy (non-hydrogen) atoms. The molecule has 0 bridgehead atoms. The van der Waals surface area contributed by atoms with E-state index in [1.807, 2.05) is 0 Å². The predicted octanol–water partition coefficient (Wildman–Crippen LogP) is 4.97. The highest BCUT2D eigenvalue weighted by Crippen LogP contribution is 2.66. The molecular weight excluding hydrogens is 405 g/mol. The van der Waals surface area contributed by atoms with Crippen molar-refractivity contribution >= 4 is 6.71 Å². The number of rotatable bonds is 1. The van der Waals surface area contributed by atoms with Gasteiger partial charge in [-0.3, -0.25) is 5.32 Å². The molecule has 0 aromatic heterocycles. The number of ether oxygens (including phenoxy) is 1. The van der Waals surface area contributed by atoms with Crippen LogP contribution in [0.3, 0.4) is 0 Å². The van der Waals surface area contributed by atoms with Gasteiger partial charge in [0.05, 0.1) is 6.10 Å². The van der Waals surface area contributed by atoms with E-state index >= 15 is 0 Å². The van der Waals surface area contributed by atoms with E-state index in [0.29, 0.717) is 35.7 Å². The average Bonchev–Trinajstić information content (AvgIpc) is 2.89. The second kappa shape index (κ2) is 9.09. The van der Waals surface area contributed by atoms with Crippen LogP contribution in [0.4, 0.5) is 0 Å². The van der Waals surface area contributed by atoms with E-state index in [2.05, 4.69) is 16.0 Å². The Labute approximate surface area is 202 Å². The van der Waals surface area contributed by atoms with E-state index in [1.54, 1.807) is 0 Å². The van der Waals surface area contributed by atoms with Crippen LogP contribution >= 0.6 is 0 Å². The molecule has 8 atom stereocenters. The summed E-state index contributed by atoms with van der Waals surface area (Å²) in [7, 11) is 0. The standard InChI is InChI=1S/C28H48BN3O/c1-2-9-19(10-3-1)29-22-13-7-16-30-25(22)28(26-23(29)14-8-17-31-26)20-11-4-5-15-24(20)33-27-21(28)12-6-18-32-27/h19-27,30-32H,1-18H2. The lowest BCUT2D eigenvalue weighted by Gasteiger charge is -2.71. The van der Waals surface area contributed by atoms with Gasteiger partial charge in [0.25, 0.3) is 0 Å². The second-order valence-electron chi connectivity index (χ2n) is 13.1. The normalized spacial score (nSPS) is 50.7. The molecule has 7 rings (SSSR count). The van der Waals surface area contributed by atoms with E-state index in [-0.39, 0.29) is 0 Å². The number of piperidine rings is 3. The lowest BCUT2D eigenvalue weighted by molar-refractivity contribution is -0.243. The van der Waals surface area contributed by atoms with Crippen molar-refractivity contribution in [3.8, 4) is 0 Å².